The summed E-state index contributed by atoms with van der Waals surface area (Å²) in [4.78, 5) is 16.0. The van der Waals surface area contributed by atoms with Gasteiger partial charge in [0.25, 0.3) is 0 Å². The quantitative estimate of drug-likeness (QED) is 0.843. The van der Waals surface area contributed by atoms with Gasteiger partial charge in [-0.1, -0.05) is 27.7 Å². The summed E-state index contributed by atoms with van der Waals surface area (Å²) in [5.74, 6) is 0.828. The lowest BCUT2D eigenvalue weighted by atomic mass is 9.96. The lowest BCUT2D eigenvalue weighted by molar-refractivity contribution is -0.123. The minimum Gasteiger partial charge on any atom is -0.370 e. The minimum atomic E-state index is -0.390. The van der Waals surface area contributed by atoms with Crippen molar-refractivity contribution in [1.29, 1.82) is 0 Å². The molecule has 0 spiro atoms. The number of anilines is 2. The molecule has 0 atom stereocenters. The summed E-state index contributed by atoms with van der Waals surface area (Å²) < 4.78 is 0. The predicted octanol–water partition coefficient (Wildman–Crippen LogP) is 2.89. The Bertz CT molecular complexity index is 365. The van der Waals surface area contributed by atoms with Crippen molar-refractivity contribution in [3.05, 3.63) is 18.3 Å². The van der Waals surface area contributed by atoms with Crippen LogP contribution in [0.1, 0.15) is 34.1 Å². The molecule has 0 aliphatic heterocycles. The number of carbonyl (C=O) groups excluding carboxylic acids is 1. The normalized spacial score (nSPS) is 11.1. The summed E-state index contributed by atoms with van der Waals surface area (Å²) in [5, 5.41) is 6.02. The summed E-state index contributed by atoms with van der Waals surface area (Å²) in [6, 6.07) is 3.72. The van der Waals surface area contributed by atoms with E-state index in [0.29, 0.717) is 0 Å². The highest BCUT2D eigenvalue weighted by Crippen LogP contribution is 2.17. The van der Waals surface area contributed by atoms with Crippen LogP contribution in [-0.4, -0.2) is 17.4 Å². The van der Waals surface area contributed by atoms with Crippen LogP contribution in [0.25, 0.3) is 0 Å². The van der Waals surface area contributed by atoms with E-state index in [2.05, 4.69) is 22.5 Å². The van der Waals surface area contributed by atoms with Gasteiger partial charge < -0.3 is 10.6 Å². The molecule has 0 radical (unpaired) electrons. The van der Waals surface area contributed by atoms with Gasteiger partial charge in [-0.15, -0.1) is 0 Å². The average molecular weight is 235 g/mol. The van der Waals surface area contributed by atoms with Gasteiger partial charge in [-0.25, -0.2) is 4.98 Å². The third kappa shape index (κ3) is 4.43. The first-order valence-corrected chi connectivity index (χ1v) is 5.95. The standard InChI is InChI=1S/C13H21N3O/c1-5-8-14-11-7-6-10(9-15-11)16-12(17)13(2,3)4/h6-7,9H,5,8H2,1-4H3,(H,14,15)(H,16,17). The van der Waals surface area contributed by atoms with Crippen LogP contribution in [0.3, 0.4) is 0 Å². The fourth-order valence-corrected chi connectivity index (χ4v) is 1.14. The zero-order chi connectivity index (χ0) is 12.9. The molecule has 4 nitrogen and oxygen atoms in total. The molecule has 0 bridgehead atoms. The number of carbonyl (C=O) groups is 1. The number of pyridine rings is 1. The van der Waals surface area contributed by atoms with Crippen LogP contribution in [0.2, 0.25) is 0 Å². The maximum Gasteiger partial charge on any atom is 0.229 e. The second kappa shape index (κ2) is 5.66. The molecule has 0 saturated heterocycles. The van der Waals surface area contributed by atoms with Crippen LogP contribution in [0.15, 0.2) is 18.3 Å². The molecule has 94 valence electrons. The molecule has 1 aromatic rings. The topological polar surface area (TPSA) is 54.0 Å². The summed E-state index contributed by atoms with van der Waals surface area (Å²) in [5.41, 5.74) is 0.339. The van der Waals surface area contributed by atoms with Gasteiger partial charge in [0.15, 0.2) is 0 Å². The van der Waals surface area contributed by atoms with Crippen molar-refractivity contribution in [2.24, 2.45) is 5.41 Å². The van der Waals surface area contributed by atoms with Gasteiger partial charge in [0.1, 0.15) is 5.82 Å². The number of nitrogens with zero attached hydrogens (tertiary/aromatic N) is 1. The predicted molar refractivity (Wildman–Crippen MR) is 71.1 cm³/mol. The third-order valence-corrected chi connectivity index (χ3v) is 2.26. The Morgan fingerprint density at radius 1 is 1.35 bits per heavy atom. The second-order valence-electron chi connectivity index (χ2n) is 5.06. The van der Waals surface area contributed by atoms with E-state index < -0.39 is 0 Å². The van der Waals surface area contributed by atoms with Crippen LogP contribution in [-0.2, 0) is 4.79 Å². The van der Waals surface area contributed by atoms with Crippen molar-refractivity contribution in [2.45, 2.75) is 34.1 Å². The third-order valence-electron chi connectivity index (χ3n) is 2.26. The molecule has 0 unspecified atom stereocenters. The average Bonchev–Trinajstić information content (AvgIpc) is 2.27. The highest BCUT2D eigenvalue weighted by atomic mass is 16.2. The van der Waals surface area contributed by atoms with Gasteiger partial charge >= 0.3 is 0 Å². The van der Waals surface area contributed by atoms with Crippen molar-refractivity contribution >= 4 is 17.4 Å². The Balaban J connectivity index is 2.59. The molecule has 1 amide bonds. The maximum absolute atomic E-state index is 11.7. The first kappa shape index (κ1) is 13.5. The molecule has 1 heterocycles. The zero-order valence-corrected chi connectivity index (χ0v) is 11.0. The molecule has 0 aromatic carbocycles. The maximum atomic E-state index is 11.7. The molecule has 0 aliphatic rings. The molecular weight excluding hydrogens is 214 g/mol. The zero-order valence-electron chi connectivity index (χ0n) is 11.0. The molecule has 4 heteroatoms. The van der Waals surface area contributed by atoms with Crippen LogP contribution < -0.4 is 10.6 Å². The minimum absolute atomic E-state index is 0.00596. The van der Waals surface area contributed by atoms with E-state index in [9.17, 15) is 4.79 Å². The summed E-state index contributed by atoms with van der Waals surface area (Å²) >= 11 is 0. The lowest BCUT2D eigenvalue weighted by Crippen LogP contribution is -2.27. The summed E-state index contributed by atoms with van der Waals surface area (Å²) in [7, 11) is 0. The Morgan fingerprint density at radius 2 is 2.06 bits per heavy atom. The number of nitrogens with one attached hydrogen (secondary N) is 2. The molecule has 0 aliphatic carbocycles. The van der Waals surface area contributed by atoms with Crippen molar-refractivity contribution < 1.29 is 4.79 Å². The number of aromatic nitrogens is 1. The number of hydrogen-bond donors (Lipinski definition) is 2. The van der Waals surface area contributed by atoms with Crippen LogP contribution in [0, 0.1) is 5.41 Å². The van der Waals surface area contributed by atoms with Crippen LogP contribution in [0.5, 0.6) is 0 Å². The Hall–Kier alpha value is -1.58. The van der Waals surface area contributed by atoms with Gasteiger partial charge in [-0.2, -0.15) is 0 Å². The molecule has 1 rings (SSSR count). The van der Waals surface area contributed by atoms with Crippen molar-refractivity contribution in [3.8, 4) is 0 Å². The molecule has 17 heavy (non-hydrogen) atoms. The molecule has 0 fully saturated rings. The molecular formula is C13H21N3O. The van der Waals surface area contributed by atoms with Crippen LogP contribution in [0.4, 0.5) is 11.5 Å². The SMILES string of the molecule is CCCNc1ccc(NC(=O)C(C)(C)C)cn1. The smallest absolute Gasteiger partial charge is 0.229 e. The van der Waals surface area contributed by atoms with Gasteiger partial charge in [0, 0.05) is 12.0 Å². The number of hydrogen-bond acceptors (Lipinski definition) is 3. The van der Waals surface area contributed by atoms with Crippen molar-refractivity contribution in [1.82, 2.24) is 4.98 Å². The van der Waals surface area contributed by atoms with Crippen LogP contribution >= 0.6 is 0 Å². The first-order valence-electron chi connectivity index (χ1n) is 5.95. The fraction of sp³-hybridized carbons (Fsp3) is 0.538. The monoisotopic (exact) mass is 235 g/mol. The lowest BCUT2D eigenvalue weighted by Gasteiger charge is -2.17. The van der Waals surface area contributed by atoms with E-state index in [4.69, 9.17) is 0 Å². The van der Waals surface area contributed by atoms with E-state index in [1.807, 2.05) is 32.9 Å². The van der Waals surface area contributed by atoms with Gasteiger partial charge in [0.05, 0.1) is 11.9 Å². The number of rotatable bonds is 4. The summed E-state index contributed by atoms with van der Waals surface area (Å²) in [6.07, 6.45) is 2.73. The number of amides is 1. The van der Waals surface area contributed by atoms with E-state index in [1.165, 1.54) is 0 Å². The Kier molecular flexibility index (Phi) is 4.49. The Morgan fingerprint density at radius 3 is 2.53 bits per heavy atom. The van der Waals surface area contributed by atoms with E-state index in [0.717, 1.165) is 24.5 Å². The largest absolute Gasteiger partial charge is 0.370 e. The molecule has 2 N–H and O–H groups in total. The van der Waals surface area contributed by atoms with E-state index >= 15 is 0 Å². The summed E-state index contributed by atoms with van der Waals surface area (Å²) in [6.45, 7) is 8.65. The van der Waals surface area contributed by atoms with Gasteiger partial charge in [-0.05, 0) is 18.6 Å². The highest BCUT2D eigenvalue weighted by Gasteiger charge is 2.21. The molecule has 0 saturated carbocycles. The highest BCUT2D eigenvalue weighted by molar-refractivity contribution is 5.94. The van der Waals surface area contributed by atoms with E-state index in [-0.39, 0.29) is 11.3 Å². The van der Waals surface area contributed by atoms with Gasteiger partial charge in [0.2, 0.25) is 5.91 Å². The second-order valence-corrected chi connectivity index (χ2v) is 5.06. The van der Waals surface area contributed by atoms with E-state index in [1.54, 1.807) is 6.20 Å². The Labute approximate surface area is 103 Å². The fourth-order valence-electron chi connectivity index (χ4n) is 1.14. The van der Waals surface area contributed by atoms with Gasteiger partial charge in [-0.3, -0.25) is 4.79 Å². The van der Waals surface area contributed by atoms with Crippen molar-refractivity contribution in [3.63, 3.8) is 0 Å². The molecule has 1 aromatic heterocycles. The first-order chi connectivity index (χ1) is 7.93. The van der Waals surface area contributed by atoms with Crippen molar-refractivity contribution in [2.75, 3.05) is 17.2 Å².